The molecule has 1 heterocycles. The van der Waals surface area contributed by atoms with Crippen LogP contribution in [0.2, 0.25) is 0 Å². The molecule has 21 heavy (non-hydrogen) atoms. The van der Waals surface area contributed by atoms with Crippen LogP contribution in [0.3, 0.4) is 0 Å². The molecule has 0 unspecified atom stereocenters. The maximum atomic E-state index is 12.5. The molecule has 0 radical (unpaired) electrons. The van der Waals surface area contributed by atoms with Gasteiger partial charge in [0.2, 0.25) is 0 Å². The van der Waals surface area contributed by atoms with Crippen molar-refractivity contribution < 1.29 is 0 Å². The van der Waals surface area contributed by atoms with Crippen molar-refractivity contribution in [2.24, 2.45) is 0 Å². The number of hydrogen-bond acceptors (Lipinski definition) is 1. The number of nitrogens with one attached hydrogen (secondary N) is 1. The van der Waals surface area contributed by atoms with Crippen molar-refractivity contribution in [2.45, 2.75) is 13.8 Å². The second-order valence-electron chi connectivity index (χ2n) is 5.05. The first kappa shape index (κ1) is 13.9. The fraction of sp³-hybridized carbons (Fsp3) is 0.118. The van der Waals surface area contributed by atoms with Gasteiger partial charge in [0.15, 0.2) is 0 Å². The predicted octanol–water partition coefficient (Wildman–Crippen LogP) is 4.21. The highest BCUT2D eigenvalue weighted by Crippen LogP contribution is 2.22. The summed E-state index contributed by atoms with van der Waals surface area (Å²) in [6.45, 7) is 3.84. The molecule has 0 saturated heterocycles. The van der Waals surface area contributed by atoms with Crippen LogP contribution in [0.1, 0.15) is 11.1 Å². The standard InChI is InChI=1S/C17H15BrN2O/c1-11-10-14(18)8-9-15(11)20-17(21)12(2)16(19-20)13-6-4-3-5-7-13/h3-10,19H,1-2H3. The van der Waals surface area contributed by atoms with E-state index in [2.05, 4.69) is 21.0 Å². The zero-order chi connectivity index (χ0) is 15.0. The summed E-state index contributed by atoms with van der Waals surface area (Å²) in [5.41, 5.74) is 4.49. The Bertz CT molecular complexity index is 847. The van der Waals surface area contributed by atoms with Gasteiger partial charge < -0.3 is 0 Å². The van der Waals surface area contributed by atoms with Gasteiger partial charge in [-0.15, -0.1) is 0 Å². The summed E-state index contributed by atoms with van der Waals surface area (Å²) < 4.78 is 2.61. The maximum absolute atomic E-state index is 12.5. The molecule has 1 N–H and O–H groups in total. The molecule has 0 aliphatic rings. The highest BCUT2D eigenvalue weighted by atomic mass is 79.9. The van der Waals surface area contributed by atoms with Crippen molar-refractivity contribution >= 4 is 15.9 Å². The molecule has 0 amide bonds. The minimum absolute atomic E-state index is 0.0146. The number of H-pyrrole nitrogens is 1. The van der Waals surface area contributed by atoms with Crippen molar-refractivity contribution in [3.8, 4) is 16.9 Å². The van der Waals surface area contributed by atoms with E-state index in [4.69, 9.17) is 0 Å². The number of hydrogen-bond donors (Lipinski definition) is 1. The summed E-state index contributed by atoms with van der Waals surface area (Å²) in [6, 6.07) is 15.8. The zero-order valence-electron chi connectivity index (χ0n) is 11.9. The highest BCUT2D eigenvalue weighted by Gasteiger charge is 2.14. The van der Waals surface area contributed by atoms with Crippen LogP contribution in [0.15, 0.2) is 57.8 Å². The first-order valence-electron chi connectivity index (χ1n) is 6.71. The third-order valence-electron chi connectivity index (χ3n) is 3.58. The lowest BCUT2D eigenvalue weighted by Crippen LogP contribution is -2.16. The summed E-state index contributed by atoms with van der Waals surface area (Å²) in [5.74, 6) is 0. The van der Waals surface area contributed by atoms with Gasteiger partial charge in [0.25, 0.3) is 5.56 Å². The van der Waals surface area contributed by atoms with E-state index in [-0.39, 0.29) is 5.56 Å². The lowest BCUT2D eigenvalue weighted by molar-refractivity contribution is 0.843. The molecule has 4 heteroatoms. The largest absolute Gasteiger partial charge is 0.290 e. The molecular formula is C17H15BrN2O. The van der Waals surface area contributed by atoms with Crippen LogP contribution < -0.4 is 5.56 Å². The Labute approximate surface area is 131 Å². The summed E-state index contributed by atoms with van der Waals surface area (Å²) in [7, 11) is 0. The third kappa shape index (κ3) is 2.47. The first-order valence-corrected chi connectivity index (χ1v) is 7.51. The third-order valence-corrected chi connectivity index (χ3v) is 4.08. The highest BCUT2D eigenvalue weighted by molar-refractivity contribution is 9.10. The molecule has 0 spiro atoms. The number of benzene rings is 2. The normalized spacial score (nSPS) is 10.8. The van der Waals surface area contributed by atoms with Crippen LogP contribution in [-0.2, 0) is 0 Å². The minimum atomic E-state index is -0.0146. The molecule has 0 saturated carbocycles. The van der Waals surface area contributed by atoms with Gasteiger partial charge in [-0.2, -0.15) is 0 Å². The van der Waals surface area contributed by atoms with Crippen molar-refractivity contribution in [3.63, 3.8) is 0 Å². The average molecular weight is 343 g/mol. The smallest absolute Gasteiger partial charge is 0.274 e. The van der Waals surface area contributed by atoms with E-state index in [0.717, 1.165) is 32.5 Å². The zero-order valence-corrected chi connectivity index (χ0v) is 13.4. The molecule has 0 atom stereocenters. The Hall–Kier alpha value is -2.07. The topological polar surface area (TPSA) is 37.8 Å². The molecule has 1 aromatic heterocycles. The van der Waals surface area contributed by atoms with Crippen molar-refractivity contribution in [3.05, 3.63) is 74.5 Å². The molecule has 3 aromatic rings. The van der Waals surface area contributed by atoms with E-state index >= 15 is 0 Å². The number of halogens is 1. The molecule has 3 rings (SSSR count). The number of nitrogens with zero attached hydrogens (tertiary/aromatic N) is 1. The van der Waals surface area contributed by atoms with E-state index in [0.29, 0.717) is 0 Å². The minimum Gasteiger partial charge on any atom is -0.290 e. The lowest BCUT2D eigenvalue weighted by atomic mass is 10.1. The number of aromatic nitrogens is 2. The van der Waals surface area contributed by atoms with E-state index in [9.17, 15) is 4.79 Å². The van der Waals surface area contributed by atoms with Gasteiger partial charge in [0, 0.05) is 10.0 Å². The summed E-state index contributed by atoms with van der Waals surface area (Å²) in [4.78, 5) is 12.5. The van der Waals surface area contributed by atoms with Crippen LogP contribution in [-0.4, -0.2) is 9.78 Å². The van der Waals surface area contributed by atoms with Crippen LogP contribution in [0.5, 0.6) is 0 Å². The van der Waals surface area contributed by atoms with Crippen LogP contribution in [0.4, 0.5) is 0 Å². The van der Waals surface area contributed by atoms with Crippen LogP contribution in [0, 0.1) is 13.8 Å². The quantitative estimate of drug-likeness (QED) is 0.744. The molecule has 0 aliphatic heterocycles. The van der Waals surface area contributed by atoms with Crippen molar-refractivity contribution in [1.82, 2.24) is 9.78 Å². The predicted molar refractivity (Wildman–Crippen MR) is 89.0 cm³/mol. The molecule has 0 aliphatic carbocycles. The number of aromatic amines is 1. The van der Waals surface area contributed by atoms with Crippen LogP contribution >= 0.6 is 15.9 Å². The fourth-order valence-corrected chi connectivity index (χ4v) is 2.92. The number of rotatable bonds is 2. The monoisotopic (exact) mass is 342 g/mol. The first-order chi connectivity index (χ1) is 10.1. The maximum Gasteiger partial charge on any atom is 0.274 e. The van der Waals surface area contributed by atoms with Gasteiger partial charge in [-0.3, -0.25) is 9.89 Å². The molecule has 3 nitrogen and oxygen atoms in total. The van der Waals surface area contributed by atoms with E-state index in [1.54, 1.807) is 4.68 Å². The number of aryl methyl sites for hydroxylation is 1. The van der Waals surface area contributed by atoms with Gasteiger partial charge in [0.1, 0.15) is 0 Å². The summed E-state index contributed by atoms with van der Waals surface area (Å²) >= 11 is 3.45. The Morgan fingerprint density at radius 3 is 2.43 bits per heavy atom. The Morgan fingerprint density at radius 2 is 1.76 bits per heavy atom. The van der Waals surface area contributed by atoms with Gasteiger partial charge in [-0.25, -0.2) is 4.68 Å². The average Bonchev–Trinajstić information content (AvgIpc) is 2.77. The summed E-state index contributed by atoms with van der Waals surface area (Å²) in [5, 5.41) is 3.23. The second kappa shape index (κ2) is 5.37. The van der Waals surface area contributed by atoms with Crippen molar-refractivity contribution in [1.29, 1.82) is 0 Å². The second-order valence-corrected chi connectivity index (χ2v) is 5.96. The van der Waals surface area contributed by atoms with Crippen LogP contribution in [0.25, 0.3) is 16.9 Å². The SMILES string of the molecule is Cc1cc(Br)ccc1-n1[nH]c(-c2ccccc2)c(C)c1=O. The van der Waals surface area contributed by atoms with Gasteiger partial charge >= 0.3 is 0 Å². The molecule has 0 bridgehead atoms. The lowest BCUT2D eigenvalue weighted by Gasteiger charge is -2.06. The van der Waals surface area contributed by atoms with E-state index in [1.165, 1.54) is 0 Å². The molecular weight excluding hydrogens is 328 g/mol. The Morgan fingerprint density at radius 1 is 1.05 bits per heavy atom. The van der Waals surface area contributed by atoms with Crippen molar-refractivity contribution in [2.75, 3.05) is 0 Å². The fourth-order valence-electron chi connectivity index (χ4n) is 2.45. The van der Waals surface area contributed by atoms with Gasteiger partial charge in [-0.1, -0.05) is 46.3 Å². The van der Waals surface area contributed by atoms with E-state index < -0.39 is 0 Å². The molecule has 106 valence electrons. The summed E-state index contributed by atoms with van der Waals surface area (Å²) in [6.07, 6.45) is 0. The van der Waals surface area contributed by atoms with Gasteiger partial charge in [0.05, 0.1) is 11.4 Å². The van der Waals surface area contributed by atoms with E-state index in [1.807, 2.05) is 62.4 Å². The molecule has 0 fully saturated rings. The Kier molecular flexibility index (Phi) is 3.55. The Balaban J connectivity index is 2.20. The van der Waals surface area contributed by atoms with Gasteiger partial charge in [-0.05, 0) is 43.2 Å². The molecule has 2 aromatic carbocycles.